The quantitative estimate of drug-likeness (QED) is 0.817. The summed E-state index contributed by atoms with van der Waals surface area (Å²) in [7, 11) is 4.22. The number of rotatable bonds is 5. The minimum atomic E-state index is 0. The van der Waals surface area contributed by atoms with Crippen LogP contribution in [0.25, 0.3) is 0 Å². The minimum absolute atomic E-state index is 0. The standard InChI is InChI=1S/C16H25N3O.2ClH/c1-17(2)9-6-10-18-11-13-19(14-12-18)16(20)15-7-4-3-5-8-15;;/h3-5,7-8H,6,9-14H2,1-2H3;2*1H. The van der Waals surface area contributed by atoms with E-state index in [4.69, 9.17) is 0 Å². The van der Waals surface area contributed by atoms with E-state index < -0.39 is 0 Å². The van der Waals surface area contributed by atoms with Crippen molar-refractivity contribution in [1.29, 1.82) is 0 Å². The first-order valence-corrected chi connectivity index (χ1v) is 7.38. The molecule has 2 rings (SSSR count). The van der Waals surface area contributed by atoms with Crippen molar-refractivity contribution in [2.75, 3.05) is 53.4 Å². The molecule has 0 atom stereocenters. The zero-order chi connectivity index (χ0) is 14.4. The van der Waals surface area contributed by atoms with Crippen molar-refractivity contribution >= 4 is 30.7 Å². The van der Waals surface area contributed by atoms with Gasteiger partial charge in [0.2, 0.25) is 0 Å². The first-order valence-electron chi connectivity index (χ1n) is 7.38. The second-order valence-electron chi connectivity index (χ2n) is 5.66. The third-order valence-corrected chi connectivity index (χ3v) is 3.76. The van der Waals surface area contributed by atoms with Crippen molar-refractivity contribution in [3.05, 3.63) is 35.9 Å². The monoisotopic (exact) mass is 347 g/mol. The molecular weight excluding hydrogens is 321 g/mol. The lowest BCUT2D eigenvalue weighted by Crippen LogP contribution is -2.49. The van der Waals surface area contributed by atoms with Crippen molar-refractivity contribution in [2.24, 2.45) is 0 Å². The second kappa shape index (κ2) is 10.8. The summed E-state index contributed by atoms with van der Waals surface area (Å²) in [6.45, 7) is 5.93. The van der Waals surface area contributed by atoms with Gasteiger partial charge in [-0.2, -0.15) is 0 Å². The average molecular weight is 348 g/mol. The maximum Gasteiger partial charge on any atom is 0.253 e. The maximum absolute atomic E-state index is 12.3. The van der Waals surface area contributed by atoms with E-state index in [9.17, 15) is 4.79 Å². The SMILES string of the molecule is CN(C)CCCN1CCN(C(=O)c2ccccc2)CC1.Cl.Cl. The molecule has 0 bridgehead atoms. The largest absolute Gasteiger partial charge is 0.336 e. The van der Waals surface area contributed by atoms with Crippen LogP contribution >= 0.6 is 24.8 Å². The highest BCUT2D eigenvalue weighted by molar-refractivity contribution is 5.94. The molecule has 0 aliphatic carbocycles. The summed E-state index contributed by atoms with van der Waals surface area (Å²) in [5, 5.41) is 0. The number of amides is 1. The van der Waals surface area contributed by atoms with E-state index in [1.807, 2.05) is 35.2 Å². The lowest BCUT2D eigenvalue weighted by molar-refractivity contribution is 0.0634. The molecule has 1 aromatic rings. The van der Waals surface area contributed by atoms with Crippen LogP contribution in [0.3, 0.4) is 0 Å². The predicted octanol–water partition coefficient (Wildman–Crippen LogP) is 2.24. The van der Waals surface area contributed by atoms with Crippen molar-refractivity contribution in [2.45, 2.75) is 6.42 Å². The molecule has 1 fully saturated rings. The van der Waals surface area contributed by atoms with Gasteiger partial charge in [0, 0.05) is 31.7 Å². The van der Waals surface area contributed by atoms with Gasteiger partial charge in [-0.05, 0) is 45.7 Å². The molecule has 1 amide bonds. The third kappa shape index (κ3) is 6.53. The van der Waals surface area contributed by atoms with Crippen LogP contribution in [0.15, 0.2) is 30.3 Å². The number of carbonyl (C=O) groups excluding carboxylic acids is 1. The van der Waals surface area contributed by atoms with Crippen molar-refractivity contribution in [1.82, 2.24) is 14.7 Å². The molecule has 22 heavy (non-hydrogen) atoms. The molecule has 0 unspecified atom stereocenters. The van der Waals surface area contributed by atoms with Gasteiger partial charge in [0.25, 0.3) is 5.91 Å². The van der Waals surface area contributed by atoms with E-state index >= 15 is 0 Å². The van der Waals surface area contributed by atoms with Gasteiger partial charge in [-0.3, -0.25) is 9.69 Å². The Labute approximate surface area is 146 Å². The summed E-state index contributed by atoms with van der Waals surface area (Å²) < 4.78 is 0. The summed E-state index contributed by atoms with van der Waals surface area (Å²) >= 11 is 0. The molecule has 0 aromatic heterocycles. The fraction of sp³-hybridized carbons (Fsp3) is 0.562. The average Bonchev–Trinajstić information content (AvgIpc) is 2.48. The smallest absolute Gasteiger partial charge is 0.253 e. The number of benzene rings is 1. The van der Waals surface area contributed by atoms with Crippen molar-refractivity contribution < 1.29 is 4.79 Å². The van der Waals surface area contributed by atoms with Crippen LogP contribution in [0.1, 0.15) is 16.8 Å². The van der Waals surface area contributed by atoms with E-state index in [2.05, 4.69) is 23.9 Å². The number of carbonyl (C=O) groups is 1. The minimum Gasteiger partial charge on any atom is -0.336 e. The topological polar surface area (TPSA) is 26.8 Å². The van der Waals surface area contributed by atoms with Crippen molar-refractivity contribution in [3.8, 4) is 0 Å². The van der Waals surface area contributed by atoms with E-state index in [0.29, 0.717) is 0 Å². The van der Waals surface area contributed by atoms with Crippen LogP contribution in [0.5, 0.6) is 0 Å². The number of piperazine rings is 1. The Morgan fingerprint density at radius 2 is 1.64 bits per heavy atom. The molecule has 1 heterocycles. The number of hydrogen-bond donors (Lipinski definition) is 0. The van der Waals surface area contributed by atoms with Gasteiger partial charge >= 0.3 is 0 Å². The maximum atomic E-state index is 12.3. The highest BCUT2D eigenvalue weighted by Crippen LogP contribution is 2.09. The Kier molecular flexibility index (Phi) is 10.4. The normalized spacial score (nSPS) is 15.1. The van der Waals surface area contributed by atoms with E-state index in [1.54, 1.807) is 0 Å². The molecule has 6 heteroatoms. The van der Waals surface area contributed by atoms with E-state index in [-0.39, 0.29) is 30.7 Å². The van der Waals surface area contributed by atoms with Crippen LogP contribution in [0, 0.1) is 0 Å². The Hall–Kier alpha value is -0.810. The van der Waals surface area contributed by atoms with Crippen molar-refractivity contribution in [3.63, 3.8) is 0 Å². The summed E-state index contributed by atoms with van der Waals surface area (Å²) in [4.78, 5) is 19.0. The van der Waals surface area contributed by atoms with Gasteiger partial charge < -0.3 is 9.80 Å². The fourth-order valence-corrected chi connectivity index (χ4v) is 2.55. The van der Waals surface area contributed by atoms with Gasteiger partial charge in [-0.1, -0.05) is 18.2 Å². The summed E-state index contributed by atoms with van der Waals surface area (Å²) in [5.74, 6) is 0.165. The zero-order valence-electron chi connectivity index (χ0n) is 13.4. The third-order valence-electron chi connectivity index (χ3n) is 3.76. The Bertz CT molecular complexity index is 421. The van der Waals surface area contributed by atoms with Gasteiger partial charge in [0.05, 0.1) is 0 Å². The Morgan fingerprint density at radius 3 is 2.18 bits per heavy atom. The summed E-state index contributed by atoms with van der Waals surface area (Å²) in [6.07, 6.45) is 1.19. The van der Waals surface area contributed by atoms with Crippen LogP contribution in [0.4, 0.5) is 0 Å². The van der Waals surface area contributed by atoms with Crippen LogP contribution in [-0.4, -0.2) is 74.0 Å². The van der Waals surface area contributed by atoms with Gasteiger partial charge in [-0.15, -0.1) is 24.8 Å². The van der Waals surface area contributed by atoms with Gasteiger partial charge in [-0.25, -0.2) is 0 Å². The molecule has 1 aliphatic rings. The predicted molar refractivity (Wildman–Crippen MR) is 96.5 cm³/mol. The molecule has 0 radical (unpaired) electrons. The van der Waals surface area contributed by atoms with Gasteiger partial charge in [0.15, 0.2) is 0 Å². The first-order chi connectivity index (χ1) is 9.66. The molecule has 1 aromatic carbocycles. The number of halogens is 2. The lowest BCUT2D eigenvalue weighted by atomic mass is 10.2. The van der Waals surface area contributed by atoms with E-state index in [1.165, 1.54) is 6.42 Å². The molecule has 4 nitrogen and oxygen atoms in total. The molecule has 1 aliphatic heterocycles. The summed E-state index contributed by atoms with van der Waals surface area (Å²) in [6, 6.07) is 9.58. The molecule has 0 N–H and O–H groups in total. The van der Waals surface area contributed by atoms with Crippen LogP contribution < -0.4 is 0 Å². The Balaban J connectivity index is 0.00000220. The molecular formula is C16H27Cl2N3O. The number of hydrogen-bond acceptors (Lipinski definition) is 3. The lowest BCUT2D eigenvalue weighted by Gasteiger charge is -2.35. The molecule has 126 valence electrons. The van der Waals surface area contributed by atoms with E-state index in [0.717, 1.165) is 44.8 Å². The zero-order valence-corrected chi connectivity index (χ0v) is 15.0. The second-order valence-corrected chi connectivity index (χ2v) is 5.66. The fourth-order valence-electron chi connectivity index (χ4n) is 2.55. The first kappa shape index (κ1) is 21.2. The molecule has 0 saturated carbocycles. The van der Waals surface area contributed by atoms with Crippen LogP contribution in [-0.2, 0) is 0 Å². The highest BCUT2D eigenvalue weighted by atomic mass is 35.5. The van der Waals surface area contributed by atoms with Crippen LogP contribution in [0.2, 0.25) is 0 Å². The number of nitrogens with zero attached hydrogens (tertiary/aromatic N) is 3. The molecule has 0 spiro atoms. The molecule has 1 saturated heterocycles. The summed E-state index contributed by atoms with van der Waals surface area (Å²) in [5.41, 5.74) is 0.800. The Morgan fingerprint density at radius 1 is 1.05 bits per heavy atom. The van der Waals surface area contributed by atoms with Gasteiger partial charge in [0.1, 0.15) is 0 Å². The highest BCUT2D eigenvalue weighted by Gasteiger charge is 2.21.